The van der Waals surface area contributed by atoms with E-state index >= 15 is 0 Å². The quantitative estimate of drug-likeness (QED) is 0.872. The molecule has 0 radical (unpaired) electrons. The van der Waals surface area contributed by atoms with Crippen LogP contribution in [0.5, 0.6) is 0 Å². The van der Waals surface area contributed by atoms with E-state index in [9.17, 15) is 0 Å². The first-order chi connectivity index (χ1) is 10.1. The Bertz CT molecular complexity index is 604. The molecule has 2 aromatic rings. The van der Waals surface area contributed by atoms with Gasteiger partial charge in [0.25, 0.3) is 0 Å². The minimum Gasteiger partial charge on any atom is -0.310 e. The van der Waals surface area contributed by atoms with E-state index in [2.05, 4.69) is 55.5 Å². The maximum absolute atomic E-state index is 6.45. The first-order valence-corrected chi connectivity index (χ1v) is 7.96. The second-order valence-corrected chi connectivity index (χ2v) is 5.71. The lowest BCUT2D eigenvalue weighted by molar-refractivity contribution is 0.514. The van der Waals surface area contributed by atoms with Crippen LogP contribution in [0.4, 0.5) is 0 Å². The first-order valence-electron chi connectivity index (χ1n) is 7.59. The number of halogens is 1. The van der Waals surface area contributed by atoms with Gasteiger partial charge in [-0.2, -0.15) is 5.10 Å². The maximum atomic E-state index is 6.45. The highest BCUT2D eigenvalue weighted by Crippen LogP contribution is 2.27. The molecule has 0 saturated carbocycles. The molecule has 0 fully saturated rings. The van der Waals surface area contributed by atoms with E-state index in [4.69, 9.17) is 11.6 Å². The third-order valence-corrected chi connectivity index (χ3v) is 4.36. The van der Waals surface area contributed by atoms with Crippen molar-refractivity contribution in [3.8, 4) is 0 Å². The van der Waals surface area contributed by atoms with Gasteiger partial charge in [0.15, 0.2) is 0 Å². The van der Waals surface area contributed by atoms with Gasteiger partial charge in [-0.25, -0.2) is 0 Å². The number of aromatic nitrogens is 2. The summed E-state index contributed by atoms with van der Waals surface area (Å²) < 4.78 is 2.01. The SMILES string of the molecule is CCNC(Cc1c(Cl)c(C)nn1CC)c1ccccc1C. The van der Waals surface area contributed by atoms with E-state index < -0.39 is 0 Å². The summed E-state index contributed by atoms with van der Waals surface area (Å²) in [6.07, 6.45) is 0.853. The van der Waals surface area contributed by atoms with Gasteiger partial charge in [-0.15, -0.1) is 0 Å². The summed E-state index contributed by atoms with van der Waals surface area (Å²) in [6, 6.07) is 8.78. The van der Waals surface area contributed by atoms with Crippen molar-refractivity contribution in [2.24, 2.45) is 0 Å². The smallest absolute Gasteiger partial charge is 0.0847 e. The van der Waals surface area contributed by atoms with E-state index in [1.807, 2.05) is 11.6 Å². The maximum Gasteiger partial charge on any atom is 0.0847 e. The van der Waals surface area contributed by atoms with Crippen molar-refractivity contribution in [3.05, 3.63) is 51.8 Å². The average Bonchev–Trinajstić information content (AvgIpc) is 2.75. The van der Waals surface area contributed by atoms with Crippen molar-refractivity contribution in [1.82, 2.24) is 15.1 Å². The molecule has 0 aliphatic heterocycles. The van der Waals surface area contributed by atoms with Gasteiger partial charge in [0.2, 0.25) is 0 Å². The van der Waals surface area contributed by atoms with E-state index in [1.54, 1.807) is 0 Å². The largest absolute Gasteiger partial charge is 0.310 e. The Morgan fingerprint density at radius 1 is 1.24 bits per heavy atom. The van der Waals surface area contributed by atoms with Crippen molar-refractivity contribution < 1.29 is 0 Å². The molecule has 114 valence electrons. The Morgan fingerprint density at radius 2 is 1.95 bits per heavy atom. The van der Waals surface area contributed by atoms with E-state index in [0.717, 1.165) is 35.9 Å². The summed E-state index contributed by atoms with van der Waals surface area (Å²) in [6.45, 7) is 10.1. The molecule has 1 aromatic heterocycles. The zero-order chi connectivity index (χ0) is 15.4. The highest BCUT2D eigenvalue weighted by Gasteiger charge is 2.19. The van der Waals surface area contributed by atoms with Crippen LogP contribution in [0.15, 0.2) is 24.3 Å². The molecule has 0 spiro atoms. The van der Waals surface area contributed by atoms with E-state index in [-0.39, 0.29) is 6.04 Å². The minimum atomic E-state index is 0.259. The Balaban J connectivity index is 2.35. The molecule has 1 unspecified atom stereocenters. The Hall–Kier alpha value is -1.32. The molecule has 1 N–H and O–H groups in total. The van der Waals surface area contributed by atoms with Gasteiger partial charge >= 0.3 is 0 Å². The predicted octanol–water partition coefficient (Wildman–Crippen LogP) is 4.07. The third kappa shape index (κ3) is 3.47. The summed E-state index contributed by atoms with van der Waals surface area (Å²) in [4.78, 5) is 0. The minimum absolute atomic E-state index is 0.259. The van der Waals surface area contributed by atoms with Gasteiger partial charge in [0, 0.05) is 19.0 Å². The second kappa shape index (κ2) is 7.10. The zero-order valence-electron chi connectivity index (χ0n) is 13.3. The van der Waals surface area contributed by atoms with E-state index in [1.165, 1.54) is 11.1 Å². The van der Waals surface area contributed by atoms with Gasteiger partial charge in [0.05, 0.1) is 16.4 Å². The predicted molar refractivity (Wildman–Crippen MR) is 88.9 cm³/mol. The third-order valence-electron chi connectivity index (χ3n) is 3.86. The van der Waals surface area contributed by atoms with Crippen LogP contribution in [0.3, 0.4) is 0 Å². The van der Waals surface area contributed by atoms with Crippen LogP contribution in [0.25, 0.3) is 0 Å². The Labute approximate surface area is 132 Å². The van der Waals surface area contributed by atoms with Crippen LogP contribution in [-0.4, -0.2) is 16.3 Å². The van der Waals surface area contributed by atoms with Crippen molar-refractivity contribution in [1.29, 1.82) is 0 Å². The Morgan fingerprint density at radius 3 is 2.57 bits per heavy atom. The molecule has 1 atom stereocenters. The van der Waals surface area contributed by atoms with Gasteiger partial charge < -0.3 is 5.32 Å². The number of benzene rings is 1. The molecule has 0 aliphatic rings. The molecule has 0 aliphatic carbocycles. The number of aryl methyl sites for hydroxylation is 3. The molecular formula is C17H24ClN3. The van der Waals surface area contributed by atoms with Crippen LogP contribution in [0, 0.1) is 13.8 Å². The average molecular weight is 306 g/mol. The molecule has 4 heteroatoms. The number of rotatable bonds is 6. The molecule has 0 bridgehead atoms. The molecule has 2 rings (SSSR count). The fourth-order valence-electron chi connectivity index (χ4n) is 2.77. The van der Waals surface area contributed by atoms with Crippen LogP contribution in [-0.2, 0) is 13.0 Å². The number of hydrogen-bond acceptors (Lipinski definition) is 2. The van der Waals surface area contributed by atoms with Gasteiger partial charge in [-0.1, -0.05) is 42.8 Å². The van der Waals surface area contributed by atoms with Crippen molar-refractivity contribution in [2.75, 3.05) is 6.54 Å². The summed E-state index contributed by atoms with van der Waals surface area (Å²) in [5.74, 6) is 0. The molecular weight excluding hydrogens is 282 g/mol. The number of nitrogens with zero attached hydrogens (tertiary/aromatic N) is 2. The summed E-state index contributed by atoms with van der Waals surface area (Å²) in [7, 11) is 0. The lowest BCUT2D eigenvalue weighted by atomic mass is 9.97. The van der Waals surface area contributed by atoms with Crippen LogP contribution >= 0.6 is 11.6 Å². The van der Waals surface area contributed by atoms with Gasteiger partial charge in [-0.05, 0) is 38.4 Å². The normalized spacial score (nSPS) is 12.6. The fraction of sp³-hybridized carbons (Fsp3) is 0.471. The first kappa shape index (κ1) is 16.1. The summed E-state index contributed by atoms with van der Waals surface area (Å²) >= 11 is 6.45. The van der Waals surface area contributed by atoms with Gasteiger partial charge in [-0.3, -0.25) is 4.68 Å². The standard InChI is InChI=1S/C17H24ClN3/c1-5-19-15(14-10-8-7-9-12(14)3)11-16-17(18)13(4)20-21(16)6-2/h7-10,15,19H,5-6,11H2,1-4H3. The number of nitrogens with one attached hydrogen (secondary N) is 1. The monoisotopic (exact) mass is 305 g/mol. The van der Waals surface area contributed by atoms with Crippen LogP contribution < -0.4 is 5.32 Å². The molecule has 0 amide bonds. The Kier molecular flexibility index (Phi) is 5.43. The lowest BCUT2D eigenvalue weighted by Gasteiger charge is -2.21. The highest BCUT2D eigenvalue weighted by molar-refractivity contribution is 6.31. The summed E-state index contributed by atoms with van der Waals surface area (Å²) in [5, 5.41) is 8.89. The van der Waals surface area contributed by atoms with Gasteiger partial charge in [0.1, 0.15) is 0 Å². The topological polar surface area (TPSA) is 29.9 Å². The molecule has 3 nitrogen and oxygen atoms in total. The zero-order valence-corrected chi connectivity index (χ0v) is 14.0. The molecule has 0 saturated heterocycles. The molecule has 1 aromatic carbocycles. The van der Waals surface area contributed by atoms with Crippen molar-refractivity contribution >= 4 is 11.6 Å². The highest BCUT2D eigenvalue weighted by atomic mass is 35.5. The van der Waals surface area contributed by atoms with Crippen molar-refractivity contribution in [2.45, 2.75) is 46.7 Å². The lowest BCUT2D eigenvalue weighted by Crippen LogP contribution is -2.25. The summed E-state index contributed by atoms with van der Waals surface area (Å²) in [5.41, 5.74) is 4.66. The number of likely N-dealkylation sites (N-methyl/N-ethyl adjacent to an activating group) is 1. The fourth-order valence-corrected chi connectivity index (χ4v) is 2.99. The second-order valence-electron chi connectivity index (χ2n) is 5.33. The number of hydrogen-bond donors (Lipinski definition) is 1. The van der Waals surface area contributed by atoms with E-state index in [0.29, 0.717) is 0 Å². The molecule has 1 heterocycles. The molecule has 21 heavy (non-hydrogen) atoms. The van der Waals surface area contributed by atoms with Crippen molar-refractivity contribution in [3.63, 3.8) is 0 Å². The van der Waals surface area contributed by atoms with Crippen LogP contribution in [0.2, 0.25) is 5.02 Å². The van der Waals surface area contributed by atoms with Crippen LogP contribution in [0.1, 0.15) is 42.4 Å².